The number of nitrogens with zero attached hydrogens (tertiary/aromatic N) is 4. The number of nitrogens with one attached hydrogen (secondary N) is 1. The Kier molecular flexibility index (Phi) is 4.09. The molecule has 0 atom stereocenters. The summed E-state index contributed by atoms with van der Waals surface area (Å²) in [4.78, 5) is 25.2. The van der Waals surface area contributed by atoms with Gasteiger partial charge in [0, 0.05) is 26.5 Å². The van der Waals surface area contributed by atoms with Crippen LogP contribution in [0.25, 0.3) is 0 Å². The summed E-state index contributed by atoms with van der Waals surface area (Å²) in [5.74, 6) is 0.291. The molecular formula is C13H15N5O2. The molecule has 0 unspecified atom stereocenters. The van der Waals surface area contributed by atoms with E-state index in [9.17, 15) is 4.79 Å². The Bertz CT molecular complexity index is 615. The maximum atomic E-state index is 10.9. The monoisotopic (exact) mass is 273 g/mol. The number of rotatable bonds is 5. The molecule has 0 aromatic carbocycles. The highest BCUT2D eigenvalue weighted by atomic mass is 16.4. The molecule has 0 bridgehead atoms. The second-order valence-electron chi connectivity index (χ2n) is 4.33. The zero-order valence-electron chi connectivity index (χ0n) is 11.2. The largest absolute Gasteiger partial charge is 0.478 e. The number of anilines is 2. The second-order valence-corrected chi connectivity index (χ2v) is 4.33. The van der Waals surface area contributed by atoms with Crippen molar-refractivity contribution in [1.82, 2.24) is 15.0 Å². The SMILES string of the molecule is CN(C)c1nccc(NCc2cc(C(=O)O)ccn2)n1. The fourth-order valence-electron chi connectivity index (χ4n) is 1.55. The number of hydrogen-bond donors (Lipinski definition) is 2. The second kappa shape index (κ2) is 5.96. The number of carbonyl (C=O) groups is 1. The average molecular weight is 273 g/mol. The van der Waals surface area contributed by atoms with Crippen molar-refractivity contribution < 1.29 is 9.90 Å². The van der Waals surface area contributed by atoms with Gasteiger partial charge in [-0.1, -0.05) is 0 Å². The molecule has 7 nitrogen and oxygen atoms in total. The van der Waals surface area contributed by atoms with E-state index in [4.69, 9.17) is 5.11 Å². The third-order valence-electron chi connectivity index (χ3n) is 2.56. The molecule has 104 valence electrons. The van der Waals surface area contributed by atoms with E-state index < -0.39 is 5.97 Å². The summed E-state index contributed by atoms with van der Waals surface area (Å²) in [6, 6.07) is 4.73. The predicted molar refractivity (Wildman–Crippen MR) is 74.9 cm³/mol. The molecular weight excluding hydrogens is 258 g/mol. The van der Waals surface area contributed by atoms with Crippen molar-refractivity contribution in [1.29, 1.82) is 0 Å². The first-order valence-corrected chi connectivity index (χ1v) is 5.99. The third kappa shape index (κ3) is 3.41. The molecule has 0 radical (unpaired) electrons. The Morgan fingerprint density at radius 1 is 1.30 bits per heavy atom. The minimum Gasteiger partial charge on any atom is -0.478 e. The number of carboxylic acid groups (broad SMARTS) is 1. The van der Waals surface area contributed by atoms with Crippen molar-refractivity contribution in [2.24, 2.45) is 0 Å². The smallest absolute Gasteiger partial charge is 0.335 e. The van der Waals surface area contributed by atoms with Crippen LogP contribution >= 0.6 is 0 Å². The van der Waals surface area contributed by atoms with Crippen LogP contribution in [-0.2, 0) is 6.54 Å². The summed E-state index contributed by atoms with van der Waals surface area (Å²) in [6.45, 7) is 0.394. The van der Waals surface area contributed by atoms with Crippen LogP contribution in [0.2, 0.25) is 0 Å². The molecule has 0 saturated carbocycles. The molecule has 2 heterocycles. The highest BCUT2D eigenvalue weighted by Gasteiger charge is 2.05. The third-order valence-corrected chi connectivity index (χ3v) is 2.56. The lowest BCUT2D eigenvalue weighted by Crippen LogP contribution is -2.13. The molecule has 0 spiro atoms. The van der Waals surface area contributed by atoms with E-state index in [0.29, 0.717) is 24.0 Å². The van der Waals surface area contributed by atoms with Gasteiger partial charge in [0.1, 0.15) is 5.82 Å². The van der Waals surface area contributed by atoms with Crippen molar-refractivity contribution in [3.8, 4) is 0 Å². The van der Waals surface area contributed by atoms with Crippen LogP contribution < -0.4 is 10.2 Å². The fraction of sp³-hybridized carbons (Fsp3) is 0.231. The van der Waals surface area contributed by atoms with Crippen LogP contribution in [0.1, 0.15) is 16.1 Å². The molecule has 0 aliphatic heterocycles. The van der Waals surface area contributed by atoms with Gasteiger partial charge in [-0.05, 0) is 18.2 Å². The van der Waals surface area contributed by atoms with Crippen molar-refractivity contribution in [3.63, 3.8) is 0 Å². The maximum Gasteiger partial charge on any atom is 0.335 e. The fourth-order valence-corrected chi connectivity index (χ4v) is 1.55. The molecule has 0 fully saturated rings. The van der Waals surface area contributed by atoms with Gasteiger partial charge in [-0.15, -0.1) is 0 Å². The lowest BCUT2D eigenvalue weighted by Gasteiger charge is -2.11. The Morgan fingerprint density at radius 3 is 2.75 bits per heavy atom. The Hall–Kier alpha value is -2.70. The molecule has 7 heteroatoms. The topological polar surface area (TPSA) is 91.2 Å². The van der Waals surface area contributed by atoms with Crippen molar-refractivity contribution in [3.05, 3.63) is 41.9 Å². The molecule has 0 aliphatic carbocycles. The number of carboxylic acids is 1. The number of hydrogen-bond acceptors (Lipinski definition) is 6. The van der Waals surface area contributed by atoms with Crippen molar-refractivity contribution in [2.75, 3.05) is 24.3 Å². The highest BCUT2D eigenvalue weighted by Crippen LogP contribution is 2.09. The average Bonchev–Trinajstić information content (AvgIpc) is 2.45. The predicted octanol–water partition coefficient (Wildman–Crippen LogP) is 1.25. The Balaban J connectivity index is 2.07. The summed E-state index contributed by atoms with van der Waals surface area (Å²) in [6.07, 6.45) is 3.14. The van der Waals surface area contributed by atoms with Crippen LogP contribution in [0.4, 0.5) is 11.8 Å². The van der Waals surface area contributed by atoms with Crippen LogP contribution in [0.15, 0.2) is 30.6 Å². The van der Waals surface area contributed by atoms with E-state index >= 15 is 0 Å². The molecule has 2 rings (SSSR count). The zero-order valence-corrected chi connectivity index (χ0v) is 11.2. The van der Waals surface area contributed by atoms with Gasteiger partial charge in [-0.2, -0.15) is 4.98 Å². The molecule has 2 aromatic heterocycles. The first-order valence-electron chi connectivity index (χ1n) is 5.99. The van der Waals surface area contributed by atoms with Crippen molar-refractivity contribution in [2.45, 2.75) is 6.54 Å². The van der Waals surface area contributed by atoms with Crippen LogP contribution in [0.3, 0.4) is 0 Å². The van der Waals surface area contributed by atoms with E-state index in [2.05, 4.69) is 20.3 Å². The number of aromatic nitrogens is 3. The summed E-state index contributed by atoms with van der Waals surface area (Å²) in [5.41, 5.74) is 0.850. The Morgan fingerprint density at radius 2 is 2.05 bits per heavy atom. The summed E-state index contributed by atoms with van der Waals surface area (Å²) in [7, 11) is 3.72. The lowest BCUT2D eigenvalue weighted by atomic mass is 10.2. The molecule has 2 aromatic rings. The van der Waals surface area contributed by atoms with Gasteiger partial charge in [-0.3, -0.25) is 4.98 Å². The molecule has 20 heavy (non-hydrogen) atoms. The summed E-state index contributed by atoms with van der Waals surface area (Å²) < 4.78 is 0. The number of aromatic carboxylic acids is 1. The van der Waals surface area contributed by atoms with Crippen molar-refractivity contribution >= 4 is 17.7 Å². The summed E-state index contributed by atoms with van der Waals surface area (Å²) in [5, 5.41) is 12.0. The van der Waals surface area contributed by atoms with E-state index in [-0.39, 0.29) is 5.56 Å². The van der Waals surface area contributed by atoms with Gasteiger partial charge in [0.15, 0.2) is 0 Å². The minimum absolute atomic E-state index is 0.216. The van der Waals surface area contributed by atoms with Gasteiger partial charge in [0.2, 0.25) is 5.95 Å². The first kappa shape index (κ1) is 13.7. The van der Waals surface area contributed by atoms with Crippen LogP contribution in [-0.4, -0.2) is 40.1 Å². The van der Waals surface area contributed by atoms with Gasteiger partial charge >= 0.3 is 5.97 Å². The highest BCUT2D eigenvalue weighted by molar-refractivity contribution is 5.87. The minimum atomic E-state index is -0.967. The van der Waals surface area contributed by atoms with Crippen LogP contribution in [0.5, 0.6) is 0 Å². The maximum absolute atomic E-state index is 10.9. The lowest BCUT2D eigenvalue weighted by molar-refractivity contribution is 0.0696. The molecule has 0 amide bonds. The van der Waals surface area contributed by atoms with E-state index in [0.717, 1.165) is 0 Å². The molecule has 2 N–H and O–H groups in total. The summed E-state index contributed by atoms with van der Waals surface area (Å²) >= 11 is 0. The van der Waals surface area contributed by atoms with Gasteiger partial charge in [0.05, 0.1) is 17.8 Å². The van der Waals surface area contributed by atoms with Gasteiger partial charge in [0.25, 0.3) is 0 Å². The quantitative estimate of drug-likeness (QED) is 0.847. The molecule has 0 aliphatic rings. The van der Waals surface area contributed by atoms with Crippen LogP contribution in [0, 0.1) is 0 Å². The van der Waals surface area contributed by atoms with E-state index in [1.54, 1.807) is 17.2 Å². The van der Waals surface area contributed by atoms with E-state index in [1.807, 2.05) is 14.1 Å². The zero-order chi connectivity index (χ0) is 14.5. The normalized spacial score (nSPS) is 10.1. The molecule has 0 saturated heterocycles. The number of pyridine rings is 1. The van der Waals surface area contributed by atoms with E-state index in [1.165, 1.54) is 18.3 Å². The van der Waals surface area contributed by atoms with Gasteiger partial charge < -0.3 is 15.3 Å². The first-order chi connectivity index (χ1) is 9.56. The van der Waals surface area contributed by atoms with Gasteiger partial charge in [-0.25, -0.2) is 9.78 Å². The Labute approximate surface area is 116 Å². The standard InChI is InChI=1S/C13H15N5O2/c1-18(2)13-15-6-4-11(17-13)16-8-10-7-9(12(19)20)3-5-14-10/h3-7H,8H2,1-2H3,(H,19,20)(H,15,16,17).